The van der Waals surface area contributed by atoms with Crippen molar-refractivity contribution >= 4 is 11.0 Å². The maximum atomic E-state index is 14.3. The summed E-state index contributed by atoms with van der Waals surface area (Å²) in [6.07, 6.45) is -3.01. The number of aryl methyl sites for hydroxylation is 3. The Morgan fingerprint density at radius 2 is 1.75 bits per heavy atom. The molecule has 5 nitrogen and oxygen atoms in total. The van der Waals surface area contributed by atoms with Gasteiger partial charge >= 0.3 is 6.18 Å². The van der Waals surface area contributed by atoms with Crippen molar-refractivity contribution in [3.63, 3.8) is 0 Å². The van der Waals surface area contributed by atoms with Crippen LogP contribution in [0.2, 0.25) is 0 Å². The summed E-state index contributed by atoms with van der Waals surface area (Å²) in [5.74, 6) is -0.0866. The van der Waals surface area contributed by atoms with Crippen LogP contribution in [0, 0.1) is 20.8 Å². The van der Waals surface area contributed by atoms with Crippen molar-refractivity contribution in [2.75, 3.05) is 0 Å². The second kappa shape index (κ2) is 7.92. The topological polar surface area (TPSA) is 75.3 Å². The van der Waals surface area contributed by atoms with E-state index >= 15 is 0 Å². The molecule has 1 aromatic carbocycles. The molecule has 0 spiro atoms. The Kier molecular flexibility index (Phi) is 5.89. The van der Waals surface area contributed by atoms with Gasteiger partial charge in [-0.1, -0.05) is 31.5 Å². The number of hydrogen-bond donors (Lipinski definition) is 2. The number of benzene rings is 1. The second-order valence-electron chi connectivity index (χ2n) is 9.21. The van der Waals surface area contributed by atoms with Gasteiger partial charge in [0.05, 0.1) is 11.9 Å². The Morgan fingerprint density at radius 1 is 1.09 bits per heavy atom. The number of phenolic OH excluding ortho intramolecular Hbond substituents is 1. The quantitative estimate of drug-likeness (QED) is 0.594. The number of nitrogens with zero attached hydrogens (tertiary/aromatic N) is 2. The highest BCUT2D eigenvalue weighted by atomic mass is 19.4. The largest absolute Gasteiger partial charge is 0.507 e. The summed E-state index contributed by atoms with van der Waals surface area (Å²) in [5, 5.41) is 21.7. The lowest BCUT2D eigenvalue weighted by Crippen LogP contribution is -2.52. The van der Waals surface area contributed by atoms with E-state index in [-0.39, 0.29) is 27.8 Å². The SMILES string of the molecule is Cc1cc(C)c(O)c(C(C)(C)CC(O)(Cn2cc(C)c(=O)c3cccnc32)C(F)(F)F)c1. The molecule has 0 saturated carbocycles. The van der Waals surface area contributed by atoms with Crippen molar-refractivity contribution in [1.29, 1.82) is 0 Å². The average Bonchev–Trinajstić information content (AvgIpc) is 2.67. The molecule has 1 atom stereocenters. The normalized spacial score (nSPS) is 14.5. The molecule has 3 aromatic rings. The third-order valence-electron chi connectivity index (χ3n) is 5.88. The van der Waals surface area contributed by atoms with Gasteiger partial charge in [0.15, 0.2) is 11.0 Å². The predicted octanol–water partition coefficient (Wildman–Crippen LogP) is 4.69. The minimum absolute atomic E-state index is 0.0674. The Bertz CT molecular complexity index is 1230. The molecule has 0 aliphatic carbocycles. The van der Waals surface area contributed by atoms with E-state index < -0.39 is 30.2 Å². The molecule has 32 heavy (non-hydrogen) atoms. The van der Waals surface area contributed by atoms with Gasteiger partial charge in [0.2, 0.25) is 0 Å². The van der Waals surface area contributed by atoms with Gasteiger partial charge in [0.1, 0.15) is 11.4 Å². The fraction of sp³-hybridized carbons (Fsp3) is 0.417. The van der Waals surface area contributed by atoms with Crippen LogP contribution in [0.25, 0.3) is 11.0 Å². The molecule has 8 heteroatoms. The van der Waals surface area contributed by atoms with Crippen LogP contribution < -0.4 is 5.43 Å². The predicted molar refractivity (Wildman–Crippen MR) is 117 cm³/mol. The lowest BCUT2D eigenvalue weighted by atomic mass is 9.73. The molecule has 1 unspecified atom stereocenters. The fourth-order valence-electron chi connectivity index (χ4n) is 4.32. The lowest BCUT2D eigenvalue weighted by molar-refractivity contribution is -0.271. The van der Waals surface area contributed by atoms with Crippen LogP contribution in [0.4, 0.5) is 13.2 Å². The average molecular weight is 448 g/mol. The third kappa shape index (κ3) is 4.24. The van der Waals surface area contributed by atoms with Gasteiger partial charge in [-0.3, -0.25) is 4.79 Å². The van der Waals surface area contributed by atoms with Gasteiger partial charge in [-0.05, 0) is 50.3 Å². The minimum Gasteiger partial charge on any atom is -0.507 e. The number of halogens is 3. The van der Waals surface area contributed by atoms with Crippen molar-refractivity contribution in [1.82, 2.24) is 9.55 Å². The van der Waals surface area contributed by atoms with E-state index in [9.17, 15) is 28.2 Å². The molecule has 172 valence electrons. The Labute approximate surface area is 184 Å². The van der Waals surface area contributed by atoms with E-state index in [1.54, 1.807) is 39.8 Å². The maximum absolute atomic E-state index is 14.3. The minimum atomic E-state index is -4.98. The highest BCUT2D eigenvalue weighted by Gasteiger charge is 2.56. The molecule has 2 aromatic heterocycles. The van der Waals surface area contributed by atoms with E-state index in [0.29, 0.717) is 11.1 Å². The van der Waals surface area contributed by atoms with Crippen molar-refractivity contribution in [2.45, 2.75) is 64.8 Å². The van der Waals surface area contributed by atoms with Gasteiger partial charge in [0.25, 0.3) is 0 Å². The standard InChI is InChI=1S/C24H27F3N2O3/c1-14-9-15(2)20(31)18(10-14)22(4,5)12-23(32,24(25,26)27)13-29-11-16(3)19(30)17-7-6-8-28-21(17)29/h6-11,31-32H,12-13H2,1-5H3. The number of phenols is 1. The van der Waals surface area contributed by atoms with Gasteiger partial charge in [-0.15, -0.1) is 0 Å². The first-order valence-corrected chi connectivity index (χ1v) is 10.2. The van der Waals surface area contributed by atoms with Crippen LogP contribution in [-0.2, 0) is 12.0 Å². The van der Waals surface area contributed by atoms with Gasteiger partial charge in [-0.2, -0.15) is 13.2 Å². The summed E-state index contributed by atoms with van der Waals surface area (Å²) in [4.78, 5) is 16.5. The Hall–Kier alpha value is -2.87. The number of aliphatic hydroxyl groups is 1. The first kappa shape index (κ1) is 23.8. The third-order valence-corrected chi connectivity index (χ3v) is 5.88. The number of fused-ring (bicyclic) bond motifs is 1. The van der Waals surface area contributed by atoms with Crippen molar-refractivity contribution in [3.8, 4) is 5.75 Å². The van der Waals surface area contributed by atoms with Gasteiger partial charge < -0.3 is 14.8 Å². The van der Waals surface area contributed by atoms with Crippen molar-refractivity contribution < 1.29 is 23.4 Å². The summed E-state index contributed by atoms with van der Waals surface area (Å²) in [5.41, 5.74) is -2.69. The van der Waals surface area contributed by atoms with Gasteiger partial charge in [-0.25, -0.2) is 4.98 Å². The van der Waals surface area contributed by atoms with E-state index in [4.69, 9.17) is 0 Å². The molecule has 2 heterocycles. The maximum Gasteiger partial charge on any atom is 0.418 e. The summed E-state index contributed by atoms with van der Waals surface area (Å²) in [7, 11) is 0. The molecule has 3 rings (SSSR count). The van der Waals surface area contributed by atoms with Crippen LogP contribution in [0.1, 0.15) is 42.5 Å². The summed E-state index contributed by atoms with van der Waals surface area (Å²) >= 11 is 0. The molecule has 0 fully saturated rings. The number of aromatic hydroxyl groups is 1. The van der Waals surface area contributed by atoms with E-state index in [2.05, 4.69) is 4.98 Å². The molecular weight excluding hydrogens is 421 g/mol. The zero-order valence-electron chi connectivity index (χ0n) is 18.7. The van der Waals surface area contributed by atoms with E-state index in [1.807, 2.05) is 0 Å². The number of hydrogen-bond acceptors (Lipinski definition) is 4. The number of pyridine rings is 2. The summed E-state index contributed by atoms with van der Waals surface area (Å²) in [6.45, 7) is 7.26. The monoisotopic (exact) mass is 448 g/mol. The van der Waals surface area contributed by atoms with E-state index in [1.165, 1.54) is 36.0 Å². The fourth-order valence-corrected chi connectivity index (χ4v) is 4.32. The zero-order chi connectivity index (χ0) is 24.1. The first-order valence-electron chi connectivity index (χ1n) is 10.2. The molecule has 0 amide bonds. The van der Waals surface area contributed by atoms with Crippen LogP contribution >= 0.6 is 0 Å². The smallest absolute Gasteiger partial charge is 0.418 e. The van der Waals surface area contributed by atoms with Crippen molar-refractivity contribution in [2.24, 2.45) is 0 Å². The number of aromatic nitrogens is 2. The van der Waals surface area contributed by atoms with Gasteiger partial charge in [0, 0.05) is 23.5 Å². The van der Waals surface area contributed by atoms with Crippen LogP contribution in [-0.4, -0.2) is 31.5 Å². The van der Waals surface area contributed by atoms with Crippen LogP contribution in [0.3, 0.4) is 0 Å². The molecule has 0 saturated heterocycles. The highest BCUT2D eigenvalue weighted by Crippen LogP contribution is 2.45. The second-order valence-corrected chi connectivity index (χ2v) is 9.21. The van der Waals surface area contributed by atoms with Crippen LogP contribution in [0.5, 0.6) is 5.75 Å². The van der Waals surface area contributed by atoms with Crippen LogP contribution in [0.15, 0.2) is 41.5 Å². The first-order chi connectivity index (χ1) is 14.7. The molecular formula is C24H27F3N2O3. The summed E-state index contributed by atoms with van der Waals surface area (Å²) in [6, 6.07) is 6.42. The molecule has 2 N–H and O–H groups in total. The molecule has 0 aliphatic rings. The van der Waals surface area contributed by atoms with E-state index in [0.717, 1.165) is 5.56 Å². The number of rotatable bonds is 5. The molecule has 0 radical (unpaired) electrons. The van der Waals surface area contributed by atoms with Crippen molar-refractivity contribution in [3.05, 3.63) is 69.1 Å². The highest BCUT2D eigenvalue weighted by molar-refractivity contribution is 5.75. The Morgan fingerprint density at radius 3 is 2.38 bits per heavy atom. The lowest BCUT2D eigenvalue weighted by Gasteiger charge is -2.39. The Balaban J connectivity index is 2.13. The number of alkyl halides is 3. The molecule has 0 aliphatic heterocycles. The zero-order valence-corrected chi connectivity index (χ0v) is 18.7. The molecule has 0 bridgehead atoms. The summed E-state index contributed by atoms with van der Waals surface area (Å²) < 4.78 is 44.0.